The first kappa shape index (κ1) is 18.2. The van der Waals surface area contributed by atoms with Crippen LogP contribution in [0.15, 0.2) is 22.5 Å². The highest BCUT2D eigenvalue weighted by Crippen LogP contribution is 2.30. The molecule has 1 atom stereocenters. The zero-order valence-corrected chi connectivity index (χ0v) is 15.1. The van der Waals surface area contributed by atoms with E-state index in [2.05, 4.69) is 20.8 Å². The van der Waals surface area contributed by atoms with Gasteiger partial charge in [-0.1, -0.05) is 36.1 Å². The van der Waals surface area contributed by atoms with Crippen molar-refractivity contribution in [2.24, 2.45) is 0 Å². The van der Waals surface area contributed by atoms with E-state index in [1.54, 1.807) is 6.92 Å². The molecule has 24 heavy (non-hydrogen) atoms. The lowest BCUT2D eigenvalue weighted by Crippen LogP contribution is -2.32. The normalized spacial score (nSPS) is 11.8. The fraction of sp³-hybridized carbons (Fsp3) is 0.333. The molecule has 2 aromatic rings. The summed E-state index contributed by atoms with van der Waals surface area (Å²) < 4.78 is 0.465. The Labute approximate surface area is 147 Å². The van der Waals surface area contributed by atoms with Crippen molar-refractivity contribution in [3.8, 4) is 0 Å². The Morgan fingerprint density at radius 2 is 2.00 bits per heavy atom. The van der Waals surface area contributed by atoms with E-state index in [-0.39, 0.29) is 0 Å². The molecule has 1 heterocycles. The summed E-state index contributed by atoms with van der Waals surface area (Å²) in [5.74, 6) is -1.14. The van der Waals surface area contributed by atoms with Gasteiger partial charge in [-0.05, 0) is 43.5 Å². The van der Waals surface area contributed by atoms with Crippen LogP contribution in [0.5, 0.6) is 0 Å². The van der Waals surface area contributed by atoms with Gasteiger partial charge in [-0.25, -0.2) is 4.79 Å². The SMILES string of the molecule is CC[C@H](Sc1nnc(NC(=O)Nc2ccc(C)c(C)c2)s1)C(=O)[O-]. The largest absolute Gasteiger partial charge is 0.549 e. The fourth-order valence-corrected chi connectivity index (χ4v) is 3.65. The maximum atomic E-state index is 12.0. The van der Waals surface area contributed by atoms with Crippen molar-refractivity contribution in [2.45, 2.75) is 36.8 Å². The summed E-state index contributed by atoms with van der Waals surface area (Å²) in [6.45, 7) is 5.72. The Morgan fingerprint density at radius 1 is 1.25 bits per heavy atom. The lowest BCUT2D eigenvalue weighted by Gasteiger charge is -2.12. The highest BCUT2D eigenvalue weighted by molar-refractivity contribution is 8.02. The number of hydrogen-bond donors (Lipinski definition) is 2. The van der Waals surface area contributed by atoms with Crippen LogP contribution in [0.3, 0.4) is 0 Å². The molecule has 1 aromatic heterocycles. The second kappa shape index (κ2) is 8.11. The van der Waals surface area contributed by atoms with Gasteiger partial charge in [-0.2, -0.15) is 0 Å². The van der Waals surface area contributed by atoms with Gasteiger partial charge >= 0.3 is 6.03 Å². The molecule has 0 aliphatic rings. The number of carboxylic acids is 1. The number of hydrogen-bond acceptors (Lipinski definition) is 7. The first-order valence-corrected chi connectivity index (χ1v) is 8.95. The van der Waals surface area contributed by atoms with Gasteiger partial charge in [0.05, 0.1) is 11.2 Å². The van der Waals surface area contributed by atoms with Crippen LogP contribution in [0.1, 0.15) is 24.5 Å². The molecular formula is C15H17N4O3S2-. The summed E-state index contributed by atoms with van der Waals surface area (Å²) in [5, 5.41) is 23.5. The third kappa shape index (κ3) is 4.93. The number of urea groups is 1. The topological polar surface area (TPSA) is 107 Å². The van der Waals surface area contributed by atoms with E-state index in [4.69, 9.17) is 0 Å². The molecule has 9 heteroatoms. The molecule has 0 radical (unpaired) electrons. The number of nitrogens with zero attached hydrogens (tertiary/aromatic N) is 2. The van der Waals surface area contributed by atoms with Gasteiger partial charge in [0.1, 0.15) is 0 Å². The fourth-order valence-electron chi connectivity index (χ4n) is 1.81. The molecule has 2 rings (SSSR count). The monoisotopic (exact) mass is 365 g/mol. The van der Waals surface area contributed by atoms with E-state index in [1.807, 2.05) is 32.0 Å². The van der Waals surface area contributed by atoms with Crippen LogP contribution in [0.2, 0.25) is 0 Å². The second-order valence-electron chi connectivity index (χ2n) is 5.09. The number of aryl methyl sites for hydroxylation is 2. The summed E-state index contributed by atoms with van der Waals surface area (Å²) >= 11 is 2.18. The molecule has 128 valence electrons. The zero-order valence-electron chi connectivity index (χ0n) is 13.5. The van der Waals surface area contributed by atoms with Crippen molar-refractivity contribution in [3.63, 3.8) is 0 Å². The molecular weight excluding hydrogens is 348 g/mol. The number of carboxylic acid groups (broad SMARTS) is 1. The van der Waals surface area contributed by atoms with Crippen LogP contribution in [0, 0.1) is 13.8 Å². The number of aliphatic carboxylic acids is 1. The third-order valence-corrected chi connectivity index (χ3v) is 5.53. The number of amides is 2. The second-order valence-corrected chi connectivity index (χ2v) is 7.51. The van der Waals surface area contributed by atoms with Crippen LogP contribution < -0.4 is 15.7 Å². The van der Waals surface area contributed by atoms with Gasteiger partial charge in [-0.3, -0.25) is 5.32 Å². The number of thioether (sulfide) groups is 1. The van der Waals surface area contributed by atoms with E-state index in [9.17, 15) is 14.7 Å². The standard InChI is InChI=1S/C15H18N4O3S2/c1-4-11(12(20)21)23-15-19-18-14(24-15)17-13(22)16-10-6-5-8(2)9(3)7-10/h5-7,11H,4H2,1-3H3,(H,20,21)(H2,16,17,18,22)/p-1/t11-/m0/s1. The molecule has 1 aromatic carbocycles. The molecule has 0 unspecified atom stereocenters. The van der Waals surface area contributed by atoms with Crippen molar-refractivity contribution in [3.05, 3.63) is 29.3 Å². The maximum Gasteiger partial charge on any atom is 0.325 e. The Balaban J connectivity index is 1.95. The van der Waals surface area contributed by atoms with Crippen molar-refractivity contribution in [2.75, 3.05) is 10.6 Å². The minimum Gasteiger partial charge on any atom is -0.549 e. The Bertz CT molecular complexity index is 748. The lowest BCUT2D eigenvalue weighted by molar-refractivity contribution is -0.304. The number of nitrogens with one attached hydrogen (secondary N) is 2. The zero-order chi connectivity index (χ0) is 17.7. The average molecular weight is 365 g/mol. The minimum absolute atomic E-state index is 0.298. The number of rotatable bonds is 6. The molecule has 0 fully saturated rings. The first-order chi connectivity index (χ1) is 11.4. The van der Waals surface area contributed by atoms with Crippen LogP contribution in [0.4, 0.5) is 15.6 Å². The van der Waals surface area contributed by atoms with Gasteiger partial charge in [-0.15, -0.1) is 10.2 Å². The number of benzene rings is 1. The van der Waals surface area contributed by atoms with Crippen molar-refractivity contribution in [1.29, 1.82) is 0 Å². The van der Waals surface area contributed by atoms with Crippen molar-refractivity contribution >= 4 is 45.9 Å². The molecule has 2 N–H and O–H groups in total. The highest BCUT2D eigenvalue weighted by atomic mass is 32.2. The van der Waals surface area contributed by atoms with E-state index < -0.39 is 17.3 Å². The van der Waals surface area contributed by atoms with Crippen LogP contribution >= 0.6 is 23.1 Å². The van der Waals surface area contributed by atoms with E-state index >= 15 is 0 Å². The molecule has 0 saturated heterocycles. The molecule has 2 amide bonds. The Hall–Kier alpha value is -2.13. The van der Waals surface area contributed by atoms with E-state index in [1.165, 1.54) is 0 Å². The predicted molar refractivity (Wildman–Crippen MR) is 93.4 cm³/mol. The summed E-state index contributed by atoms with van der Waals surface area (Å²) in [6, 6.07) is 5.19. The third-order valence-electron chi connectivity index (χ3n) is 3.27. The Morgan fingerprint density at radius 3 is 2.62 bits per heavy atom. The molecule has 7 nitrogen and oxygen atoms in total. The van der Waals surface area contributed by atoms with E-state index in [0.717, 1.165) is 34.2 Å². The molecule has 0 bridgehead atoms. The summed E-state index contributed by atoms with van der Waals surface area (Å²) in [7, 11) is 0. The van der Waals surface area contributed by atoms with Gasteiger partial charge in [0.2, 0.25) is 5.13 Å². The minimum atomic E-state index is -1.14. The predicted octanol–water partition coefficient (Wildman–Crippen LogP) is 2.42. The summed E-state index contributed by atoms with van der Waals surface area (Å²) in [5.41, 5.74) is 2.90. The summed E-state index contributed by atoms with van der Waals surface area (Å²) in [6.07, 6.45) is 0.419. The van der Waals surface area contributed by atoms with Crippen LogP contribution in [-0.4, -0.2) is 27.4 Å². The van der Waals surface area contributed by atoms with Gasteiger partial charge in [0.25, 0.3) is 0 Å². The quantitative estimate of drug-likeness (QED) is 0.601. The molecule has 0 aliphatic carbocycles. The molecule has 0 aliphatic heterocycles. The highest BCUT2D eigenvalue weighted by Gasteiger charge is 2.14. The van der Waals surface area contributed by atoms with Crippen molar-refractivity contribution < 1.29 is 14.7 Å². The first-order valence-electron chi connectivity index (χ1n) is 7.25. The van der Waals surface area contributed by atoms with Crippen molar-refractivity contribution in [1.82, 2.24) is 10.2 Å². The summed E-state index contributed by atoms with van der Waals surface area (Å²) in [4.78, 5) is 22.9. The lowest BCUT2D eigenvalue weighted by atomic mass is 10.1. The van der Waals surface area contributed by atoms with Crippen LogP contribution in [0.25, 0.3) is 0 Å². The number of anilines is 2. The van der Waals surface area contributed by atoms with Gasteiger partial charge in [0.15, 0.2) is 4.34 Å². The number of carbonyl (C=O) groups excluding carboxylic acids is 2. The van der Waals surface area contributed by atoms with Crippen LogP contribution in [-0.2, 0) is 4.79 Å². The number of aromatic nitrogens is 2. The van der Waals surface area contributed by atoms with Gasteiger partial charge in [0, 0.05) is 5.69 Å². The number of carbonyl (C=O) groups is 2. The maximum absolute atomic E-state index is 12.0. The van der Waals surface area contributed by atoms with Gasteiger partial charge < -0.3 is 15.2 Å². The molecule has 0 saturated carbocycles. The Kier molecular flexibility index (Phi) is 6.16. The smallest absolute Gasteiger partial charge is 0.325 e. The average Bonchev–Trinajstić information content (AvgIpc) is 2.95. The van der Waals surface area contributed by atoms with E-state index in [0.29, 0.717) is 21.6 Å². The molecule has 0 spiro atoms.